The lowest BCUT2D eigenvalue weighted by molar-refractivity contribution is -0.120. The fraction of sp³-hybridized carbons (Fsp3) is 0.357. The highest BCUT2D eigenvalue weighted by Gasteiger charge is 2.36. The average molecular weight is 508 g/mol. The van der Waals surface area contributed by atoms with Crippen molar-refractivity contribution in [1.29, 1.82) is 0 Å². The van der Waals surface area contributed by atoms with Crippen molar-refractivity contribution in [3.8, 4) is 0 Å². The van der Waals surface area contributed by atoms with E-state index in [4.69, 9.17) is 4.52 Å². The number of nitrogens with one attached hydrogen (secondary N) is 1. The van der Waals surface area contributed by atoms with E-state index in [1.807, 2.05) is 61.5 Å². The molecule has 0 saturated carbocycles. The molecule has 3 aromatic rings. The minimum absolute atomic E-state index is 0.0766. The second-order valence-electron chi connectivity index (χ2n) is 9.65. The summed E-state index contributed by atoms with van der Waals surface area (Å²) in [5, 5.41) is 6.89. The van der Waals surface area contributed by atoms with Crippen LogP contribution in [0, 0.1) is 19.8 Å². The molecular weight excluding hydrogens is 474 g/mol. The molecule has 2 aromatic carbocycles. The predicted octanol–water partition coefficient (Wildman–Crippen LogP) is 5.62. The maximum atomic E-state index is 13.5. The smallest absolute Gasteiger partial charge is 0.248 e. The molecule has 0 radical (unpaired) electrons. The summed E-state index contributed by atoms with van der Waals surface area (Å²) in [6.45, 7) is 8.41. The monoisotopic (exact) mass is 507 g/mol. The van der Waals surface area contributed by atoms with Crippen LogP contribution >= 0.6 is 0 Å². The van der Waals surface area contributed by atoms with E-state index in [0.717, 1.165) is 16.8 Å². The highest BCUT2D eigenvalue weighted by atomic mass is 32.2. The van der Waals surface area contributed by atoms with Crippen molar-refractivity contribution in [2.24, 2.45) is 5.92 Å². The van der Waals surface area contributed by atoms with Crippen LogP contribution in [0.25, 0.3) is 12.2 Å². The van der Waals surface area contributed by atoms with Crippen LogP contribution in [0.5, 0.6) is 0 Å². The van der Waals surface area contributed by atoms with E-state index >= 15 is 0 Å². The first kappa shape index (κ1) is 25.9. The zero-order valence-corrected chi connectivity index (χ0v) is 22.0. The highest BCUT2D eigenvalue weighted by Crippen LogP contribution is 2.30. The molecule has 0 aliphatic carbocycles. The van der Waals surface area contributed by atoms with Gasteiger partial charge in [0.1, 0.15) is 5.69 Å². The van der Waals surface area contributed by atoms with Gasteiger partial charge in [0.2, 0.25) is 15.9 Å². The van der Waals surface area contributed by atoms with Crippen LogP contribution in [-0.2, 0) is 14.8 Å². The molecular formula is C28H33N3O4S. The van der Waals surface area contributed by atoms with Gasteiger partial charge in [0.15, 0.2) is 10.7 Å². The molecule has 1 aliphatic rings. The lowest BCUT2D eigenvalue weighted by atomic mass is 9.97. The largest absolute Gasteiger partial charge is 0.355 e. The van der Waals surface area contributed by atoms with Crippen molar-refractivity contribution in [3.63, 3.8) is 0 Å². The van der Waals surface area contributed by atoms with E-state index in [1.165, 1.54) is 9.87 Å². The van der Waals surface area contributed by atoms with E-state index in [0.29, 0.717) is 24.5 Å². The molecule has 8 heteroatoms. The molecule has 0 atom stereocenters. The Morgan fingerprint density at radius 3 is 2.28 bits per heavy atom. The number of carbonyl (C=O) groups is 1. The Hall–Kier alpha value is -3.23. The molecule has 1 aromatic heterocycles. The third-order valence-corrected chi connectivity index (χ3v) is 8.66. The summed E-state index contributed by atoms with van der Waals surface area (Å²) in [7, 11) is -3.82. The molecule has 0 bridgehead atoms. The summed E-state index contributed by atoms with van der Waals surface area (Å²) < 4.78 is 33.8. The number of nitrogens with zero attached hydrogens (tertiary/aromatic N) is 2. The zero-order chi connectivity index (χ0) is 25.9. The van der Waals surface area contributed by atoms with Gasteiger partial charge < -0.3 is 9.84 Å². The number of aryl methyl sites for hydroxylation is 2. The summed E-state index contributed by atoms with van der Waals surface area (Å²) in [5.74, 6) is 0.310. The van der Waals surface area contributed by atoms with Gasteiger partial charge in [-0.3, -0.25) is 4.79 Å². The predicted molar refractivity (Wildman–Crippen MR) is 142 cm³/mol. The molecule has 1 saturated heterocycles. The number of hydrogen-bond donors (Lipinski definition) is 1. The first-order valence-electron chi connectivity index (χ1n) is 12.3. The highest BCUT2D eigenvalue weighted by molar-refractivity contribution is 7.89. The summed E-state index contributed by atoms with van der Waals surface area (Å²) in [5.41, 5.74) is 4.37. The maximum Gasteiger partial charge on any atom is 0.248 e. The van der Waals surface area contributed by atoms with E-state index in [-0.39, 0.29) is 35.6 Å². The molecule has 1 amide bonds. The molecule has 2 heterocycles. The first-order chi connectivity index (χ1) is 17.1. The van der Waals surface area contributed by atoms with Crippen molar-refractivity contribution >= 4 is 33.8 Å². The Kier molecular flexibility index (Phi) is 7.76. The number of aromatic nitrogens is 1. The minimum atomic E-state index is -3.82. The van der Waals surface area contributed by atoms with Gasteiger partial charge in [0, 0.05) is 24.7 Å². The number of piperidine rings is 1. The second kappa shape index (κ2) is 10.8. The van der Waals surface area contributed by atoms with Crippen molar-refractivity contribution in [3.05, 3.63) is 76.7 Å². The normalized spacial score (nSPS) is 15.6. The van der Waals surface area contributed by atoms with Gasteiger partial charge in [-0.1, -0.05) is 67.0 Å². The fourth-order valence-corrected chi connectivity index (χ4v) is 6.05. The van der Waals surface area contributed by atoms with Crippen molar-refractivity contribution in [2.75, 3.05) is 18.4 Å². The summed E-state index contributed by atoms with van der Waals surface area (Å²) >= 11 is 0. The molecule has 36 heavy (non-hydrogen) atoms. The lowest BCUT2D eigenvalue weighted by Crippen LogP contribution is -2.41. The molecule has 0 unspecified atom stereocenters. The lowest BCUT2D eigenvalue weighted by Gasteiger charge is -2.30. The Bertz CT molecular complexity index is 1330. The second-order valence-corrected chi connectivity index (χ2v) is 11.5. The van der Waals surface area contributed by atoms with Gasteiger partial charge >= 0.3 is 0 Å². The van der Waals surface area contributed by atoms with E-state index in [2.05, 4.69) is 24.3 Å². The van der Waals surface area contributed by atoms with Crippen LogP contribution in [0.15, 0.2) is 57.9 Å². The molecule has 7 nitrogen and oxygen atoms in total. The van der Waals surface area contributed by atoms with Gasteiger partial charge in [-0.2, -0.15) is 4.31 Å². The van der Waals surface area contributed by atoms with Gasteiger partial charge in [-0.05, 0) is 61.9 Å². The van der Waals surface area contributed by atoms with Crippen LogP contribution < -0.4 is 5.32 Å². The summed E-state index contributed by atoms with van der Waals surface area (Å²) in [4.78, 5) is 12.9. The first-order valence-corrected chi connectivity index (χ1v) is 13.7. The molecule has 1 fully saturated rings. The Balaban J connectivity index is 1.41. The third-order valence-electron chi connectivity index (χ3n) is 6.61. The Morgan fingerprint density at radius 2 is 1.67 bits per heavy atom. The van der Waals surface area contributed by atoms with E-state index < -0.39 is 10.0 Å². The van der Waals surface area contributed by atoms with Crippen LogP contribution in [0.1, 0.15) is 60.8 Å². The number of carbonyl (C=O) groups excluding carboxylic acids is 1. The van der Waals surface area contributed by atoms with E-state index in [1.54, 1.807) is 13.0 Å². The Morgan fingerprint density at radius 1 is 1.03 bits per heavy atom. The van der Waals surface area contributed by atoms with Crippen molar-refractivity contribution in [1.82, 2.24) is 9.46 Å². The van der Waals surface area contributed by atoms with Crippen LogP contribution in [-0.4, -0.2) is 36.9 Å². The average Bonchev–Trinajstić information content (AvgIpc) is 3.25. The maximum absolute atomic E-state index is 13.5. The van der Waals surface area contributed by atoms with Gasteiger partial charge in [0.05, 0.1) is 0 Å². The van der Waals surface area contributed by atoms with Gasteiger partial charge in [-0.15, -0.1) is 0 Å². The number of sulfonamides is 1. The molecule has 1 aliphatic heterocycles. The van der Waals surface area contributed by atoms with E-state index in [9.17, 15) is 13.2 Å². The SMILES string of the molecule is Cc1ccc(/C=C/c2onc(C)c2S(=O)(=O)N2CCC(C(=O)Nc3ccc(C(C)C)cc3)CC2)cc1. The zero-order valence-electron chi connectivity index (χ0n) is 21.2. The minimum Gasteiger partial charge on any atom is -0.355 e. The fourth-order valence-electron chi connectivity index (χ4n) is 4.33. The van der Waals surface area contributed by atoms with Gasteiger partial charge in [-0.25, -0.2) is 8.42 Å². The quantitative estimate of drug-likeness (QED) is 0.448. The van der Waals surface area contributed by atoms with Crippen LogP contribution in [0.2, 0.25) is 0 Å². The standard InChI is InChI=1S/C28H33N3O4S/c1-19(2)23-10-12-25(13-11-23)29-28(32)24-15-17-31(18-16-24)36(33,34)27-21(4)30-35-26(27)14-9-22-7-5-20(3)6-8-22/h5-14,19,24H,15-18H2,1-4H3,(H,29,32)/b14-9+. The van der Waals surface area contributed by atoms with Gasteiger partial charge in [0.25, 0.3) is 0 Å². The van der Waals surface area contributed by atoms with Crippen LogP contribution in [0.4, 0.5) is 5.69 Å². The summed E-state index contributed by atoms with van der Waals surface area (Å²) in [6, 6.07) is 15.7. The summed E-state index contributed by atoms with van der Waals surface area (Å²) in [6.07, 6.45) is 4.35. The number of anilines is 1. The molecule has 190 valence electrons. The number of rotatable bonds is 7. The molecule has 1 N–H and O–H groups in total. The van der Waals surface area contributed by atoms with Crippen molar-refractivity contribution in [2.45, 2.75) is 51.3 Å². The van der Waals surface area contributed by atoms with Crippen molar-refractivity contribution < 1.29 is 17.7 Å². The number of amides is 1. The number of hydrogen-bond acceptors (Lipinski definition) is 5. The number of benzene rings is 2. The third kappa shape index (κ3) is 5.77. The Labute approximate surface area is 213 Å². The topological polar surface area (TPSA) is 92.5 Å². The molecule has 0 spiro atoms. The molecule has 4 rings (SSSR count). The van der Waals surface area contributed by atoms with Crippen LogP contribution in [0.3, 0.4) is 0 Å².